The van der Waals surface area contributed by atoms with Crippen molar-refractivity contribution in [3.8, 4) is 11.5 Å². The number of pyridine rings is 1. The normalized spacial score (nSPS) is 12.5. The van der Waals surface area contributed by atoms with E-state index in [0.717, 1.165) is 6.20 Å². The molecule has 0 fully saturated rings. The van der Waals surface area contributed by atoms with Crippen LogP contribution in [0.5, 0.6) is 0 Å². The molecule has 3 heterocycles. The highest BCUT2D eigenvalue weighted by atomic mass is 19.1. The van der Waals surface area contributed by atoms with E-state index in [1.807, 2.05) is 20.8 Å². The Labute approximate surface area is 142 Å². The van der Waals surface area contributed by atoms with Crippen LogP contribution in [0.2, 0.25) is 0 Å². The van der Waals surface area contributed by atoms with E-state index < -0.39 is 10.7 Å². The lowest BCUT2D eigenvalue weighted by molar-refractivity contribution is -0.384. The Morgan fingerprint density at radius 2 is 2.00 bits per heavy atom. The highest BCUT2D eigenvalue weighted by Gasteiger charge is 2.21. The molecule has 3 rings (SSSR count). The van der Waals surface area contributed by atoms with E-state index in [-0.39, 0.29) is 29.3 Å². The van der Waals surface area contributed by atoms with Gasteiger partial charge < -0.3 is 5.32 Å². The van der Waals surface area contributed by atoms with E-state index in [1.165, 1.54) is 28.9 Å². The molecule has 3 aromatic rings. The second-order valence-electron chi connectivity index (χ2n) is 6.08. The molecule has 1 N–H and O–H groups in total. The summed E-state index contributed by atoms with van der Waals surface area (Å²) in [5, 5.41) is 14.3. The lowest BCUT2D eigenvalue weighted by atomic mass is 10.1. The molecule has 0 aromatic carbocycles. The third kappa shape index (κ3) is 3.25. The largest absolute Gasteiger partial charge is 0.362 e. The van der Waals surface area contributed by atoms with Crippen LogP contribution < -0.4 is 5.32 Å². The molecular formula is C16H17FN6O2. The molecular weight excluding hydrogens is 327 g/mol. The minimum Gasteiger partial charge on any atom is -0.362 e. The highest BCUT2D eigenvalue weighted by Crippen LogP contribution is 2.26. The number of rotatable bonds is 5. The number of hydrogen-bond acceptors (Lipinski definition) is 6. The van der Waals surface area contributed by atoms with Gasteiger partial charge in [-0.3, -0.25) is 14.5 Å². The molecule has 0 aliphatic rings. The number of fused-ring (bicyclic) bond motifs is 1. The molecule has 130 valence electrons. The number of hydrogen-bond donors (Lipinski definition) is 1. The number of nitrogens with one attached hydrogen (secondary N) is 1. The fourth-order valence-electron chi connectivity index (χ4n) is 2.24. The van der Waals surface area contributed by atoms with E-state index in [4.69, 9.17) is 0 Å². The first-order valence-corrected chi connectivity index (χ1v) is 7.77. The summed E-state index contributed by atoms with van der Waals surface area (Å²) in [7, 11) is 0. The zero-order chi connectivity index (χ0) is 18.1. The summed E-state index contributed by atoms with van der Waals surface area (Å²) >= 11 is 0. The van der Waals surface area contributed by atoms with Crippen LogP contribution in [0.15, 0.2) is 30.7 Å². The molecule has 0 saturated carbocycles. The monoisotopic (exact) mass is 344 g/mol. The predicted octanol–water partition coefficient (Wildman–Crippen LogP) is 3.30. The van der Waals surface area contributed by atoms with Crippen molar-refractivity contribution in [2.45, 2.75) is 26.8 Å². The molecule has 0 radical (unpaired) electrons. The van der Waals surface area contributed by atoms with Gasteiger partial charge in [-0.15, -0.1) is 0 Å². The SMILES string of the molecule is CC(C)[C@@H](C)Nc1nc(-c2cnc3ccc(F)cn23)ncc1[N+](=O)[O-]. The van der Waals surface area contributed by atoms with Gasteiger partial charge in [0.1, 0.15) is 23.4 Å². The first-order chi connectivity index (χ1) is 11.9. The summed E-state index contributed by atoms with van der Waals surface area (Å²) in [5.74, 6) is 0.174. The van der Waals surface area contributed by atoms with Crippen molar-refractivity contribution in [1.29, 1.82) is 0 Å². The van der Waals surface area contributed by atoms with Gasteiger partial charge >= 0.3 is 5.69 Å². The topological polar surface area (TPSA) is 98.2 Å². The van der Waals surface area contributed by atoms with E-state index >= 15 is 0 Å². The maximum Gasteiger partial charge on any atom is 0.329 e. The number of nitrogens with zero attached hydrogens (tertiary/aromatic N) is 5. The number of anilines is 1. The van der Waals surface area contributed by atoms with Gasteiger partial charge in [0.15, 0.2) is 5.82 Å². The summed E-state index contributed by atoms with van der Waals surface area (Å²) < 4.78 is 15.0. The van der Waals surface area contributed by atoms with E-state index in [0.29, 0.717) is 11.3 Å². The van der Waals surface area contributed by atoms with E-state index in [2.05, 4.69) is 20.3 Å². The Bertz CT molecular complexity index is 940. The van der Waals surface area contributed by atoms with Gasteiger partial charge in [-0.2, -0.15) is 0 Å². The number of nitro groups is 1. The van der Waals surface area contributed by atoms with Gasteiger partial charge in [-0.25, -0.2) is 19.3 Å². The Hall–Kier alpha value is -3.10. The molecule has 0 unspecified atom stereocenters. The van der Waals surface area contributed by atoms with E-state index in [9.17, 15) is 14.5 Å². The molecule has 0 aliphatic carbocycles. The molecule has 1 atom stereocenters. The molecule has 3 aromatic heterocycles. The van der Waals surface area contributed by atoms with Crippen LogP contribution in [0, 0.1) is 21.8 Å². The maximum absolute atomic E-state index is 13.5. The molecule has 0 spiro atoms. The Morgan fingerprint density at radius 3 is 2.68 bits per heavy atom. The van der Waals surface area contributed by atoms with Crippen LogP contribution in [-0.2, 0) is 0 Å². The summed E-state index contributed by atoms with van der Waals surface area (Å²) in [5.41, 5.74) is 0.768. The Morgan fingerprint density at radius 1 is 1.24 bits per heavy atom. The zero-order valence-electron chi connectivity index (χ0n) is 14.0. The van der Waals surface area contributed by atoms with Crippen molar-refractivity contribution in [3.05, 3.63) is 46.7 Å². The molecule has 0 amide bonds. The van der Waals surface area contributed by atoms with Crippen molar-refractivity contribution in [2.24, 2.45) is 5.92 Å². The molecule has 0 aliphatic heterocycles. The third-order valence-corrected chi connectivity index (χ3v) is 4.03. The summed E-state index contributed by atoms with van der Waals surface area (Å²) in [6.45, 7) is 5.91. The number of halogens is 1. The third-order valence-electron chi connectivity index (χ3n) is 4.03. The summed E-state index contributed by atoms with van der Waals surface area (Å²) in [6, 6.07) is 2.81. The first kappa shape index (κ1) is 16.7. The van der Waals surface area contributed by atoms with Crippen LogP contribution in [0.1, 0.15) is 20.8 Å². The lowest BCUT2D eigenvalue weighted by Gasteiger charge is -2.18. The van der Waals surface area contributed by atoms with Gasteiger partial charge in [0.05, 0.1) is 11.1 Å². The van der Waals surface area contributed by atoms with Crippen LogP contribution in [-0.4, -0.2) is 30.3 Å². The summed E-state index contributed by atoms with van der Waals surface area (Å²) in [4.78, 5) is 23.2. The van der Waals surface area contributed by atoms with Gasteiger partial charge in [0.2, 0.25) is 5.82 Å². The molecule has 25 heavy (non-hydrogen) atoms. The smallest absolute Gasteiger partial charge is 0.329 e. The van der Waals surface area contributed by atoms with E-state index in [1.54, 1.807) is 0 Å². The Balaban J connectivity index is 2.10. The standard InChI is InChI=1S/C16H17FN6O2/c1-9(2)10(3)20-16-13(23(24)25)7-19-15(21-16)12-6-18-14-5-4-11(17)8-22(12)14/h4-10H,1-3H3,(H,19,20,21)/t10-/m1/s1. The zero-order valence-corrected chi connectivity index (χ0v) is 14.0. The van der Waals surface area contributed by atoms with Gasteiger partial charge in [0, 0.05) is 12.2 Å². The molecule has 8 nitrogen and oxygen atoms in total. The van der Waals surface area contributed by atoms with Crippen LogP contribution in [0.3, 0.4) is 0 Å². The lowest BCUT2D eigenvalue weighted by Crippen LogP contribution is -2.23. The second-order valence-corrected chi connectivity index (χ2v) is 6.08. The number of imidazole rings is 1. The minimum absolute atomic E-state index is 0.0268. The molecule has 0 saturated heterocycles. The Kier molecular flexibility index (Phi) is 4.30. The number of aromatic nitrogens is 4. The van der Waals surface area contributed by atoms with Crippen molar-refractivity contribution < 1.29 is 9.31 Å². The van der Waals surface area contributed by atoms with Gasteiger partial charge in [-0.05, 0) is 25.0 Å². The second kappa shape index (κ2) is 6.42. The maximum atomic E-state index is 13.5. The fourth-order valence-corrected chi connectivity index (χ4v) is 2.24. The first-order valence-electron chi connectivity index (χ1n) is 7.77. The van der Waals surface area contributed by atoms with Crippen LogP contribution in [0.4, 0.5) is 15.9 Å². The van der Waals surface area contributed by atoms with Gasteiger partial charge in [0.25, 0.3) is 0 Å². The van der Waals surface area contributed by atoms with Crippen molar-refractivity contribution in [1.82, 2.24) is 19.4 Å². The average Bonchev–Trinajstić information content (AvgIpc) is 2.97. The van der Waals surface area contributed by atoms with Crippen molar-refractivity contribution in [2.75, 3.05) is 5.32 Å². The fraction of sp³-hybridized carbons (Fsp3) is 0.312. The van der Waals surface area contributed by atoms with Crippen molar-refractivity contribution in [3.63, 3.8) is 0 Å². The highest BCUT2D eigenvalue weighted by molar-refractivity contribution is 5.63. The van der Waals surface area contributed by atoms with Gasteiger partial charge in [-0.1, -0.05) is 13.8 Å². The quantitative estimate of drug-likeness (QED) is 0.563. The van der Waals surface area contributed by atoms with Crippen LogP contribution in [0.25, 0.3) is 17.2 Å². The van der Waals surface area contributed by atoms with Crippen LogP contribution >= 0.6 is 0 Å². The molecule has 0 bridgehead atoms. The minimum atomic E-state index is -0.534. The average molecular weight is 344 g/mol. The molecule has 9 heteroatoms. The summed E-state index contributed by atoms with van der Waals surface area (Å²) in [6.07, 6.45) is 3.92. The van der Waals surface area contributed by atoms with Crippen molar-refractivity contribution >= 4 is 17.2 Å². The predicted molar refractivity (Wildman–Crippen MR) is 90.8 cm³/mol.